The van der Waals surface area contributed by atoms with Crippen molar-refractivity contribution in [3.63, 3.8) is 0 Å². The first kappa shape index (κ1) is 19.3. The summed E-state index contributed by atoms with van der Waals surface area (Å²) in [7, 11) is 0. The van der Waals surface area contributed by atoms with Gasteiger partial charge in [-0.3, -0.25) is 9.59 Å². The fourth-order valence-corrected chi connectivity index (χ4v) is 4.36. The van der Waals surface area contributed by atoms with Crippen molar-refractivity contribution in [2.75, 3.05) is 19.6 Å². The lowest BCUT2D eigenvalue weighted by Crippen LogP contribution is -2.40. The third-order valence-electron chi connectivity index (χ3n) is 4.94. The Kier molecular flexibility index (Phi) is 5.44. The molecule has 1 aromatic carbocycles. The van der Waals surface area contributed by atoms with E-state index in [1.807, 2.05) is 37.3 Å². The summed E-state index contributed by atoms with van der Waals surface area (Å²) in [6, 6.07) is 12.4. The molecule has 0 spiro atoms. The van der Waals surface area contributed by atoms with Crippen LogP contribution in [0.4, 0.5) is 0 Å². The molecule has 4 rings (SSSR count). The summed E-state index contributed by atoms with van der Waals surface area (Å²) in [5.41, 5.74) is 0.599. The highest BCUT2D eigenvalue weighted by molar-refractivity contribution is 7.13. The average molecular weight is 410 g/mol. The van der Waals surface area contributed by atoms with Crippen molar-refractivity contribution in [3.05, 3.63) is 69.5 Å². The Morgan fingerprint density at radius 3 is 2.52 bits per heavy atom. The first-order valence-corrected chi connectivity index (χ1v) is 10.4. The number of hydrogen-bond acceptors (Lipinski definition) is 6. The molecule has 1 unspecified atom stereocenters. The first-order chi connectivity index (χ1) is 14.0. The van der Waals surface area contributed by atoms with Crippen molar-refractivity contribution in [2.24, 2.45) is 0 Å². The van der Waals surface area contributed by atoms with Crippen LogP contribution in [-0.2, 0) is 0 Å². The summed E-state index contributed by atoms with van der Waals surface area (Å²) in [5.74, 6) is 0.725. The maximum Gasteiger partial charge on any atom is 0.264 e. The molecule has 1 saturated heterocycles. The number of carbonyl (C=O) groups excluding carboxylic acids is 2. The van der Waals surface area contributed by atoms with Gasteiger partial charge in [0, 0.05) is 23.5 Å². The molecule has 7 nitrogen and oxygen atoms in total. The van der Waals surface area contributed by atoms with Crippen LogP contribution < -0.4 is 0 Å². The van der Waals surface area contributed by atoms with Gasteiger partial charge in [0.15, 0.2) is 5.82 Å². The van der Waals surface area contributed by atoms with E-state index in [4.69, 9.17) is 4.52 Å². The molecule has 3 aromatic rings. The number of aryl methyl sites for hydroxylation is 2. The standard InChI is InChI=1S/C21H22N4O3S/c1-14-9-10-18(29-14)21(27)24-11-6-12-25(20(26)16-7-4-3-5-8-16)17(13-24)19-22-15(2)23-28-19/h3-5,7-10,17H,6,11-13H2,1-2H3. The van der Waals surface area contributed by atoms with Gasteiger partial charge < -0.3 is 14.3 Å². The van der Waals surface area contributed by atoms with E-state index in [2.05, 4.69) is 10.1 Å². The molecular weight excluding hydrogens is 388 g/mol. The summed E-state index contributed by atoms with van der Waals surface area (Å²) in [6.45, 7) is 5.11. The summed E-state index contributed by atoms with van der Waals surface area (Å²) < 4.78 is 5.42. The molecule has 0 bridgehead atoms. The molecule has 1 aliphatic rings. The number of thiophene rings is 1. The number of hydrogen-bond donors (Lipinski definition) is 0. The lowest BCUT2D eigenvalue weighted by atomic mass is 10.1. The molecule has 2 aromatic heterocycles. The number of amides is 2. The van der Waals surface area contributed by atoms with E-state index in [1.54, 1.807) is 28.9 Å². The van der Waals surface area contributed by atoms with Crippen LogP contribution in [0.25, 0.3) is 0 Å². The molecule has 29 heavy (non-hydrogen) atoms. The molecule has 1 atom stereocenters. The molecule has 1 aliphatic heterocycles. The van der Waals surface area contributed by atoms with Gasteiger partial charge in [-0.1, -0.05) is 23.4 Å². The molecular formula is C21H22N4O3S. The second-order valence-electron chi connectivity index (χ2n) is 7.08. The predicted molar refractivity (Wildman–Crippen MR) is 109 cm³/mol. The SMILES string of the molecule is Cc1noc(C2CN(C(=O)c3ccc(C)s3)CCCN2C(=O)c2ccccc2)n1. The van der Waals surface area contributed by atoms with E-state index in [9.17, 15) is 9.59 Å². The lowest BCUT2D eigenvalue weighted by Gasteiger charge is -2.29. The van der Waals surface area contributed by atoms with Crippen molar-refractivity contribution in [1.29, 1.82) is 0 Å². The van der Waals surface area contributed by atoms with E-state index in [0.29, 0.717) is 48.2 Å². The molecule has 0 aliphatic carbocycles. The second-order valence-corrected chi connectivity index (χ2v) is 8.36. The van der Waals surface area contributed by atoms with Crippen molar-refractivity contribution in [2.45, 2.75) is 26.3 Å². The maximum absolute atomic E-state index is 13.2. The van der Waals surface area contributed by atoms with Gasteiger partial charge in [-0.05, 0) is 44.5 Å². The lowest BCUT2D eigenvalue weighted by molar-refractivity contribution is 0.0594. The summed E-state index contributed by atoms with van der Waals surface area (Å²) in [6.07, 6.45) is 0.679. The fourth-order valence-electron chi connectivity index (χ4n) is 3.53. The van der Waals surface area contributed by atoms with Gasteiger partial charge in [0.1, 0.15) is 6.04 Å². The van der Waals surface area contributed by atoms with E-state index >= 15 is 0 Å². The molecule has 0 N–H and O–H groups in total. The zero-order valence-corrected chi connectivity index (χ0v) is 17.2. The van der Waals surface area contributed by atoms with E-state index in [1.165, 1.54) is 11.3 Å². The summed E-state index contributed by atoms with van der Waals surface area (Å²) in [4.78, 5) is 36.0. The molecule has 2 amide bonds. The minimum atomic E-state index is -0.489. The van der Waals surface area contributed by atoms with Crippen LogP contribution in [0.3, 0.4) is 0 Å². The molecule has 0 saturated carbocycles. The van der Waals surface area contributed by atoms with Gasteiger partial charge in [-0.15, -0.1) is 11.3 Å². The van der Waals surface area contributed by atoms with Crippen molar-refractivity contribution < 1.29 is 14.1 Å². The van der Waals surface area contributed by atoms with Crippen LogP contribution >= 0.6 is 11.3 Å². The Labute approximate surface area is 172 Å². The van der Waals surface area contributed by atoms with E-state index in [-0.39, 0.29) is 11.8 Å². The normalized spacial score (nSPS) is 17.2. The van der Waals surface area contributed by atoms with Gasteiger partial charge in [0.25, 0.3) is 17.7 Å². The molecule has 3 heterocycles. The number of rotatable bonds is 3. The van der Waals surface area contributed by atoms with Gasteiger partial charge in [0.2, 0.25) is 0 Å². The smallest absolute Gasteiger partial charge is 0.264 e. The van der Waals surface area contributed by atoms with Crippen molar-refractivity contribution in [1.82, 2.24) is 19.9 Å². The minimum Gasteiger partial charge on any atom is -0.337 e. The molecule has 0 radical (unpaired) electrons. The number of carbonyl (C=O) groups is 2. The van der Waals surface area contributed by atoms with Crippen LogP contribution in [0, 0.1) is 13.8 Å². The Balaban J connectivity index is 1.65. The Morgan fingerprint density at radius 1 is 1.07 bits per heavy atom. The van der Waals surface area contributed by atoms with Crippen LogP contribution in [0.2, 0.25) is 0 Å². The second kappa shape index (κ2) is 8.16. The molecule has 8 heteroatoms. The number of benzene rings is 1. The highest BCUT2D eigenvalue weighted by atomic mass is 32.1. The third kappa shape index (κ3) is 4.07. The van der Waals surface area contributed by atoms with Crippen molar-refractivity contribution in [3.8, 4) is 0 Å². The van der Waals surface area contributed by atoms with Crippen LogP contribution in [-0.4, -0.2) is 51.4 Å². The van der Waals surface area contributed by atoms with Gasteiger partial charge >= 0.3 is 0 Å². The van der Waals surface area contributed by atoms with Gasteiger partial charge in [0.05, 0.1) is 11.4 Å². The maximum atomic E-state index is 13.2. The van der Waals surface area contributed by atoms with E-state index < -0.39 is 6.04 Å². The first-order valence-electron chi connectivity index (χ1n) is 9.55. The molecule has 150 valence electrons. The van der Waals surface area contributed by atoms with Crippen LogP contribution in [0.15, 0.2) is 47.0 Å². The van der Waals surface area contributed by atoms with Gasteiger partial charge in [-0.25, -0.2) is 0 Å². The fraction of sp³-hybridized carbons (Fsp3) is 0.333. The Bertz CT molecular complexity index is 1010. The van der Waals surface area contributed by atoms with Gasteiger partial charge in [-0.2, -0.15) is 4.98 Å². The van der Waals surface area contributed by atoms with Crippen LogP contribution in [0.5, 0.6) is 0 Å². The summed E-state index contributed by atoms with van der Waals surface area (Å²) in [5, 5.41) is 3.89. The summed E-state index contributed by atoms with van der Waals surface area (Å²) >= 11 is 1.48. The highest BCUT2D eigenvalue weighted by Gasteiger charge is 2.35. The number of aromatic nitrogens is 2. The average Bonchev–Trinajstić information content (AvgIpc) is 3.29. The Hall–Kier alpha value is -3.00. The topological polar surface area (TPSA) is 79.5 Å². The van der Waals surface area contributed by atoms with E-state index in [0.717, 1.165) is 4.88 Å². The number of nitrogens with zero attached hydrogens (tertiary/aromatic N) is 4. The Morgan fingerprint density at radius 2 is 1.86 bits per heavy atom. The largest absolute Gasteiger partial charge is 0.337 e. The minimum absolute atomic E-state index is 0.0293. The highest BCUT2D eigenvalue weighted by Crippen LogP contribution is 2.28. The third-order valence-corrected chi connectivity index (χ3v) is 5.93. The monoisotopic (exact) mass is 410 g/mol. The van der Waals surface area contributed by atoms with Crippen molar-refractivity contribution >= 4 is 23.2 Å². The molecule has 1 fully saturated rings. The predicted octanol–water partition coefficient (Wildman–Crippen LogP) is 3.48. The van der Waals surface area contributed by atoms with Crippen LogP contribution in [0.1, 0.15) is 49.1 Å². The quantitative estimate of drug-likeness (QED) is 0.660. The zero-order chi connectivity index (χ0) is 20.4. The zero-order valence-electron chi connectivity index (χ0n) is 16.4.